The standard InChI is InChI=1S/C13H17NO3/c1-2-6-12(15)14-17-13(16)10-9-11-7-4-3-5-8-11/h3-5,7-8H,2,6,9-10H2,1H3,(H,14,15). The predicted molar refractivity (Wildman–Crippen MR) is 63.9 cm³/mol. The van der Waals surface area contributed by atoms with Gasteiger partial charge >= 0.3 is 5.97 Å². The Balaban J connectivity index is 2.20. The third-order valence-electron chi connectivity index (χ3n) is 2.22. The number of nitrogens with one attached hydrogen (secondary N) is 1. The van der Waals surface area contributed by atoms with Crippen molar-refractivity contribution in [2.24, 2.45) is 0 Å². The Bertz CT molecular complexity index is 362. The SMILES string of the molecule is CCCC(=O)NOC(=O)CCc1ccccc1. The van der Waals surface area contributed by atoms with Gasteiger partial charge in [-0.15, -0.1) is 0 Å². The van der Waals surface area contributed by atoms with E-state index in [1.54, 1.807) is 0 Å². The van der Waals surface area contributed by atoms with Gasteiger partial charge in [0.15, 0.2) is 0 Å². The minimum absolute atomic E-state index is 0.260. The van der Waals surface area contributed by atoms with E-state index in [-0.39, 0.29) is 12.3 Å². The monoisotopic (exact) mass is 235 g/mol. The Morgan fingerprint density at radius 2 is 1.88 bits per heavy atom. The van der Waals surface area contributed by atoms with Gasteiger partial charge in [0.2, 0.25) is 0 Å². The van der Waals surface area contributed by atoms with Crippen molar-refractivity contribution in [3.05, 3.63) is 35.9 Å². The highest BCUT2D eigenvalue weighted by atomic mass is 16.7. The van der Waals surface area contributed by atoms with Crippen LogP contribution in [0.3, 0.4) is 0 Å². The smallest absolute Gasteiger partial charge is 0.332 e. The summed E-state index contributed by atoms with van der Waals surface area (Å²) in [4.78, 5) is 27.0. The van der Waals surface area contributed by atoms with Gasteiger partial charge in [-0.3, -0.25) is 4.79 Å². The summed E-state index contributed by atoms with van der Waals surface area (Å²) in [6, 6.07) is 9.66. The molecule has 0 unspecified atom stereocenters. The second-order valence-electron chi connectivity index (χ2n) is 3.73. The molecule has 17 heavy (non-hydrogen) atoms. The Labute approximate surface area is 101 Å². The summed E-state index contributed by atoms with van der Waals surface area (Å²) in [5.74, 6) is -0.682. The van der Waals surface area contributed by atoms with E-state index in [9.17, 15) is 9.59 Å². The van der Waals surface area contributed by atoms with Gasteiger partial charge in [-0.25, -0.2) is 4.79 Å². The van der Waals surface area contributed by atoms with Crippen LogP contribution in [-0.4, -0.2) is 11.9 Å². The molecule has 92 valence electrons. The largest absolute Gasteiger partial charge is 0.341 e. The highest BCUT2D eigenvalue weighted by Gasteiger charge is 2.06. The number of hydrogen-bond donors (Lipinski definition) is 1. The topological polar surface area (TPSA) is 55.4 Å². The molecular formula is C13H17NO3. The van der Waals surface area contributed by atoms with Crippen molar-refractivity contribution in [3.8, 4) is 0 Å². The highest BCUT2D eigenvalue weighted by molar-refractivity contribution is 5.77. The van der Waals surface area contributed by atoms with Crippen LogP contribution in [0, 0.1) is 0 Å². The Morgan fingerprint density at radius 1 is 1.18 bits per heavy atom. The van der Waals surface area contributed by atoms with Gasteiger partial charge in [0.25, 0.3) is 5.91 Å². The molecule has 0 aliphatic heterocycles. The summed E-state index contributed by atoms with van der Waals surface area (Å²) in [7, 11) is 0. The first-order valence-electron chi connectivity index (χ1n) is 5.74. The van der Waals surface area contributed by atoms with Crippen LogP contribution in [0.4, 0.5) is 0 Å². The summed E-state index contributed by atoms with van der Waals surface area (Å²) < 4.78 is 0. The summed E-state index contributed by atoms with van der Waals surface area (Å²) in [6.45, 7) is 1.89. The molecular weight excluding hydrogens is 218 g/mol. The van der Waals surface area contributed by atoms with E-state index >= 15 is 0 Å². The number of rotatable bonds is 5. The van der Waals surface area contributed by atoms with Gasteiger partial charge in [0, 0.05) is 6.42 Å². The highest BCUT2D eigenvalue weighted by Crippen LogP contribution is 2.02. The quantitative estimate of drug-likeness (QED) is 0.794. The van der Waals surface area contributed by atoms with Gasteiger partial charge in [0.1, 0.15) is 0 Å². The van der Waals surface area contributed by atoms with E-state index in [0.29, 0.717) is 12.8 Å². The fraction of sp³-hybridized carbons (Fsp3) is 0.385. The minimum Gasteiger partial charge on any atom is -0.341 e. The average molecular weight is 235 g/mol. The van der Waals surface area contributed by atoms with Crippen LogP contribution in [0.1, 0.15) is 31.7 Å². The van der Waals surface area contributed by atoms with Gasteiger partial charge in [-0.2, -0.15) is 5.48 Å². The maximum Gasteiger partial charge on any atom is 0.332 e. The molecule has 0 saturated heterocycles. The zero-order valence-electron chi connectivity index (χ0n) is 9.94. The molecule has 0 aliphatic carbocycles. The van der Waals surface area contributed by atoms with Crippen LogP contribution < -0.4 is 5.48 Å². The second kappa shape index (κ2) is 7.44. The summed E-state index contributed by atoms with van der Waals surface area (Å²) >= 11 is 0. The Hall–Kier alpha value is -1.84. The zero-order valence-corrected chi connectivity index (χ0v) is 9.94. The van der Waals surface area contributed by atoms with Crippen molar-refractivity contribution in [2.45, 2.75) is 32.6 Å². The maximum atomic E-state index is 11.3. The predicted octanol–water partition coefficient (Wildman–Crippen LogP) is 1.99. The molecule has 1 N–H and O–H groups in total. The van der Waals surface area contributed by atoms with Crippen molar-refractivity contribution >= 4 is 11.9 Å². The van der Waals surface area contributed by atoms with Crippen molar-refractivity contribution < 1.29 is 14.4 Å². The number of aryl methyl sites for hydroxylation is 1. The van der Waals surface area contributed by atoms with Crippen molar-refractivity contribution in [2.75, 3.05) is 0 Å². The molecule has 0 atom stereocenters. The van der Waals surface area contributed by atoms with Crippen molar-refractivity contribution in [3.63, 3.8) is 0 Å². The molecule has 1 amide bonds. The molecule has 4 heteroatoms. The summed E-state index contributed by atoms with van der Waals surface area (Å²) in [5.41, 5.74) is 3.20. The van der Waals surface area contributed by atoms with Gasteiger partial charge < -0.3 is 4.84 Å². The molecule has 0 radical (unpaired) electrons. The van der Waals surface area contributed by atoms with Crippen LogP contribution in [0.25, 0.3) is 0 Å². The lowest BCUT2D eigenvalue weighted by Crippen LogP contribution is -2.26. The number of carbonyl (C=O) groups excluding carboxylic acids is 2. The first-order chi connectivity index (χ1) is 8.22. The molecule has 0 saturated carbocycles. The molecule has 0 spiro atoms. The first-order valence-corrected chi connectivity index (χ1v) is 5.74. The molecule has 1 aromatic carbocycles. The zero-order chi connectivity index (χ0) is 12.5. The number of benzene rings is 1. The third-order valence-corrected chi connectivity index (χ3v) is 2.22. The van der Waals surface area contributed by atoms with E-state index in [0.717, 1.165) is 12.0 Å². The summed E-state index contributed by atoms with van der Waals surface area (Å²) in [6.07, 6.45) is 1.97. The normalized spacial score (nSPS) is 9.71. The maximum absolute atomic E-state index is 11.3. The van der Waals surface area contributed by atoms with Crippen LogP contribution in [0.2, 0.25) is 0 Å². The van der Waals surface area contributed by atoms with Crippen LogP contribution >= 0.6 is 0 Å². The summed E-state index contributed by atoms with van der Waals surface area (Å²) in [5, 5.41) is 0. The van der Waals surface area contributed by atoms with Gasteiger partial charge in [-0.05, 0) is 18.4 Å². The number of hydrogen-bond acceptors (Lipinski definition) is 3. The van der Waals surface area contributed by atoms with Crippen molar-refractivity contribution in [1.29, 1.82) is 0 Å². The molecule has 1 aromatic rings. The molecule has 0 aliphatic rings. The van der Waals surface area contributed by atoms with E-state index in [1.165, 1.54) is 0 Å². The van der Waals surface area contributed by atoms with E-state index < -0.39 is 5.97 Å². The second-order valence-corrected chi connectivity index (χ2v) is 3.73. The fourth-order valence-corrected chi connectivity index (χ4v) is 1.33. The Morgan fingerprint density at radius 3 is 2.53 bits per heavy atom. The molecule has 0 aromatic heterocycles. The lowest BCUT2D eigenvalue weighted by molar-refractivity contribution is -0.158. The lowest BCUT2D eigenvalue weighted by Gasteiger charge is -2.04. The lowest BCUT2D eigenvalue weighted by atomic mass is 10.1. The number of carbonyl (C=O) groups is 2. The number of hydroxylamine groups is 1. The Kier molecular flexibility index (Phi) is 5.79. The molecule has 0 bridgehead atoms. The first kappa shape index (κ1) is 13.2. The van der Waals surface area contributed by atoms with Gasteiger partial charge in [0.05, 0.1) is 6.42 Å². The number of amides is 1. The van der Waals surface area contributed by atoms with E-state index in [4.69, 9.17) is 0 Å². The average Bonchev–Trinajstić information content (AvgIpc) is 2.35. The van der Waals surface area contributed by atoms with Crippen LogP contribution in [0.15, 0.2) is 30.3 Å². The van der Waals surface area contributed by atoms with Gasteiger partial charge in [-0.1, -0.05) is 37.3 Å². The fourth-order valence-electron chi connectivity index (χ4n) is 1.33. The van der Waals surface area contributed by atoms with Crippen LogP contribution in [-0.2, 0) is 20.8 Å². The van der Waals surface area contributed by atoms with Crippen LogP contribution in [0.5, 0.6) is 0 Å². The molecule has 1 rings (SSSR count). The van der Waals surface area contributed by atoms with Crippen molar-refractivity contribution in [1.82, 2.24) is 5.48 Å². The van der Waals surface area contributed by atoms with E-state index in [2.05, 4.69) is 10.3 Å². The third kappa shape index (κ3) is 5.70. The minimum atomic E-state index is -0.418. The molecule has 0 heterocycles. The van der Waals surface area contributed by atoms with E-state index in [1.807, 2.05) is 37.3 Å². The molecule has 4 nitrogen and oxygen atoms in total. The molecule has 0 fully saturated rings.